The Labute approximate surface area is 137 Å². The fourth-order valence-corrected chi connectivity index (χ4v) is 2.19. The molecule has 0 aliphatic rings. The van der Waals surface area contributed by atoms with Gasteiger partial charge in [-0.3, -0.25) is 9.78 Å². The number of carbonyl (C=O) groups excluding carboxylic acids is 2. The quantitative estimate of drug-likeness (QED) is 0.851. The predicted octanol–water partition coefficient (Wildman–Crippen LogP) is 2.39. The Morgan fingerprint density at radius 3 is 2.61 bits per heavy atom. The average molecular weight is 337 g/mol. The van der Waals surface area contributed by atoms with Gasteiger partial charge in [0.2, 0.25) is 0 Å². The van der Waals surface area contributed by atoms with E-state index >= 15 is 0 Å². The summed E-state index contributed by atoms with van der Waals surface area (Å²) in [6.45, 7) is 0. The van der Waals surface area contributed by atoms with Gasteiger partial charge in [-0.1, -0.05) is 23.7 Å². The zero-order valence-electron chi connectivity index (χ0n) is 12.3. The highest BCUT2D eigenvalue weighted by molar-refractivity contribution is 6.33. The smallest absolute Gasteiger partial charge is 0.328 e. The summed E-state index contributed by atoms with van der Waals surface area (Å²) in [7, 11) is 1.23. The third-order valence-corrected chi connectivity index (χ3v) is 3.46. The van der Waals surface area contributed by atoms with E-state index < -0.39 is 17.9 Å². The molecule has 1 unspecified atom stereocenters. The molecule has 1 aromatic carbocycles. The Bertz CT molecular complexity index is 707. The van der Waals surface area contributed by atoms with Crippen molar-refractivity contribution in [3.05, 3.63) is 64.7 Å². The van der Waals surface area contributed by atoms with E-state index in [2.05, 4.69) is 10.3 Å². The summed E-state index contributed by atoms with van der Waals surface area (Å²) in [5.74, 6) is -1.50. The van der Waals surface area contributed by atoms with Crippen LogP contribution in [0.3, 0.4) is 0 Å². The van der Waals surface area contributed by atoms with Gasteiger partial charge in [0.15, 0.2) is 0 Å². The van der Waals surface area contributed by atoms with Crippen molar-refractivity contribution in [3.63, 3.8) is 0 Å². The lowest BCUT2D eigenvalue weighted by molar-refractivity contribution is -0.142. The summed E-state index contributed by atoms with van der Waals surface area (Å²) in [4.78, 5) is 27.9. The Kier molecular flexibility index (Phi) is 5.65. The number of carbonyl (C=O) groups is 2. The molecular weight excluding hydrogens is 323 g/mol. The lowest BCUT2D eigenvalue weighted by Crippen LogP contribution is -2.43. The fraction of sp³-hybridized carbons (Fsp3) is 0.188. The number of amides is 1. The van der Waals surface area contributed by atoms with Crippen LogP contribution in [-0.2, 0) is 16.0 Å². The molecule has 1 N–H and O–H groups in total. The number of nitrogens with one attached hydrogen (secondary N) is 1. The molecular formula is C16H14ClFN2O3. The van der Waals surface area contributed by atoms with E-state index in [4.69, 9.17) is 16.3 Å². The number of esters is 1. The van der Waals surface area contributed by atoms with Crippen molar-refractivity contribution < 1.29 is 18.7 Å². The first-order chi connectivity index (χ1) is 11.0. The first-order valence-electron chi connectivity index (χ1n) is 6.74. The average Bonchev–Trinajstić information content (AvgIpc) is 2.55. The van der Waals surface area contributed by atoms with E-state index in [1.54, 1.807) is 0 Å². The Balaban J connectivity index is 2.15. The van der Waals surface area contributed by atoms with E-state index in [9.17, 15) is 14.0 Å². The molecule has 23 heavy (non-hydrogen) atoms. The van der Waals surface area contributed by atoms with Gasteiger partial charge < -0.3 is 10.1 Å². The second kappa shape index (κ2) is 7.69. The molecule has 120 valence electrons. The van der Waals surface area contributed by atoms with Crippen molar-refractivity contribution in [2.75, 3.05) is 7.11 Å². The van der Waals surface area contributed by atoms with Gasteiger partial charge in [0.05, 0.1) is 17.7 Å². The number of methoxy groups -OCH3 is 1. The summed E-state index contributed by atoms with van der Waals surface area (Å²) in [6, 6.07) is 6.18. The standard InChI is InChI=1S/C16H14ClFN2O3/c1-23-16(22)14(8-10-2-4-11(18)5-3-10)20-15(21)12-6-7-19-9-13(12)17/h2-7,9,14H,8H2,1H3,(H,20,21). The molecule has 0 aliphatic heterocycles. The summed E-state index contributed by atoms with van der Waals surface area (Å²) in [6.07, 6.45) is 2.93. The monoisotopic (exact) mass is 336 g/mol. The highest BCUT2D eigenvalue weighted by Gasteiger charge is 2.23. The molecule has 5 nitrogen and oxygen atoms in total. The van der Waals surface area contributed by atoms with Crippen LogP contribution in [0.15, 0.2) is 42.7 Å². The van der Waals surface area contributed by atoms with Gasteiger partial charge in [-0.2, -0.15) is 0 Å². The van der Waals surface area contributed by atoms with Crippen LogP contribution in [0.25, 0.3) is 0 Å². The van der Waals surface area contributed by atoms with Crippen molar-refractivity contribution in [2.45, 2.75) is 12.5 Å². The van der Waals surface area contributed by atoms with Crippen LogP contribution in [0.5, 0.6) is 0 Å². The molecule has 1 heterocycles. The van der Waals surface area contributed by atoms with Crippen molar-refractivity contribution in [2.24, 2.45) is 0 Å². The van der Waals surface area contributed by atoms with Crippen molar-refractivity contribution in [3.8, 4) is 0 Å². The molecule has 0 saturated heterocycles. The third-order valence-electron chi connectivity index (χ3n) is 3.16. The highest BCUT2D eigenvalue weighted by Crippen LogP contribution is 2.14. The second-order valence-electron chi connectivity index (χ2n) is 4.74. The van der Waals surface area contributed by atoms with Gasteiger partial charge in [0.1, 0.15) is 11.9 Å². The first-order valence-corrected chi connectivity index (χ1v) is 7.11. The molecule has 0 bridgehead atoms. The van der Waals surface area contributed by atoms with Crippen molar-refractivity contribution >= 4 is 23.5 Å². The van der Waals surface area contributed by atoms with Crippen molar-refractivity contribution in [1.29, 1.82) is 0 Å². The Hall–Kier alpha value is -2.47. The molecule has 1 atom stereocenters. The Morgan fingerprint density at radius 1 is 1.30 bits per heavy atom. The highest BCUT2D eigenvalue weighted by atomic mass is 35.5. The van der Waals surface area contributed by atoms with Crippen LogP contribution in [0.1, 0.15) is 15.9 Å². The van der Waals surface area contributed by atoms with Gasteiger partial charge in [0, 0.05) is 18.8 Å². The zero-order valence-corrected chi connectivity index (χ0v) is 13.0. The minimum atomic E-state index is -0.915. The largest absolute Gasteiger partial charge is 0.467 e. The minimum absolute atomic E-state index is 0.168. The lowest BCUT2D eigenvalue weighted by atomic mass is 10.1. The zero-order chi connectivity index (χ0) is 16.8. The van der Waals surface area contributed by atoms with Crippen LogP contribution in [0.2, 0.25) is 5.02 Å². The maximum Gasteiger partial charge on any atom is 0.328 e. The van der Waals surface area contributed by atoms with Crippen LogP contribution in [0.4, 0.5) is 4.39 Å². The summed E-state index contributed by atoms with van der Waals surface area (Å²) in [5.41, 5.74) is 0.887. The molecule has 1 amide bonds. The van der Waals surface area contributed by atoms with Crippen LogP contribution in [-0.4, -0.2) is 30.0 Å². The summed E-state index contributed by atoms with van der Waals surface area (Å²) < 4.78 is 17.6. The molecule has 2 rings (SSSR count). The van der Waals surface area contributed by atoms with Crippen LogP contribution in [0, 0.1) is 5.82 Å². The maximum absolute atomic E-state index is 12.9. The van der Waals surface area contributed by atoms with E-state index in [0.717, 1.165) is 0 Å². The number of ether oxygens (including phenoxy) is 1. The van der Waals surface area contributed by atoms with Gasteiger partial charge in [-0.25, -0.2) is 9.18 Å². The SMILES string of the molecule is COC(=O)C(Cc1ccc(F)cc1)NC(=O)c1ccncc1Cl. The van der Waals surface area contributed by atoms with Gasteiger partial charge in [-0.15, -0.1) is 0 Å². The number of aromatic nitrogens is 1. The third kappa shape index (κ3) is 4.50. The predicted molar refractivity (Wildman–Crippen MR) is 82.6 cm³/mol. The first kappa shape index (κ1) is 16.9. The normalized spacial score (nSPS) is 11.6. The number of hydrogen-bond acceptors (Lipinski definition) is 4. The molecule has 2 aromatic rings. The van der Waals surface area contributed by atoms with Gasteiger partial charge in [0.25, 0.3) is 5.91 Å². The minimum Gasteiger partial charge on any atom is -0.467 e. The summed E-state index contributed by atoms with van der Waals surface area (Å²) >= 11 is 5.91. The number of halogens is 2. The lowest BCUT2D eigenvalue weighted by Gasteiger charge is -2.17. The number of nitrogens with zero attached hydrogens (tertiary/aromatic N) is 1. The second-order valence-corrected chi connectivity index (χ2v) is 5.14. The molecule has 0 spiro atoms. The number of hydrogen-bond donors (Lipinski definition) is 1. The van der Waals surface area contributed by atoms with E-state index in [-0.39, 0.29) is 22.8 Å². The van der Waals surface area contributed by atoms with Crippen molar-refractivity contribution in [1.82, 2.24) is 10.3 Å². The van der Waals surface area contributed by atoms with E-state index in [1.165, 1.54) is 49.8 Å². The van der Waals surface area contributed by atoms with Crippen LogP contribution >= 0.6 is 11.6 Å². The molecule has 0 aliphatic carbocycles. The van der Waals surface area contributed by atoms with Gasteiger partial charge in [-0.05, 0) is 23.8 Å². The molecule has 0 fully saturated rings. The van der Waals surface area contributed by atoms with E-state index in [0.29, 0.717) is 5.56 Å². The van der Waals surface area contributed by atoms with Crippen LogP contribution < -0.4 is 5.32 Å². The summed E-state index contributed by atoms with van der Waals surface area (Å²) in [5, 5.41) is 2.74. The maximum atomic E-state index is 12.9. The van der Waals surface area contributed by atoms with Gasteiger partial charge >= 0.3 is 5.97 Å². The fourth-order valence-electron chi connectivity index (χ4n) is 1.99. The number of benzene rings is 1. The number of rotatable bonds is 5. The van der Waals surface area contributed by atoms with E-state index in [1.807, 2.05) is 0 Å². The molecule has 1 aromatic heterocycles. The molecule has 0 saturated carbocycles. The topological polar surface area (TPSA) is 68.3 Å². The number of pyridine rings is 1. The molecule has 7 heteroatoms. The molecule has 0 radical (unpaired) electrons. The Morgan fingerprint density at radius 2 is 2.00 bits per heavy atom.